The molecule has 0 aromatic rings. The zero-order valence-corrected chi connectivity index (χ0v) is 11.2. The Morgan fingerprint density at radius 3 is 1.39 bits per heavy atom. The molecule has 0 rings (SSSR count). The first-order valence-corrected chi connectivity index (χ1v) is 4.44. The van der Waals surface area contributed by atoms with Gasteiger partial charge >= 0.3 is 84.6 Å². The first kappa shape index (κ1) is 24.4. The van der Waals surface area contributed by atoms with Crippen LogP contribution in [-0.4, -0.2) is 87.5 Å². The van der Waals surface area contributed by atoms with Gasteiger partial charge in [-0.3, -0.25) is 9.35 Å². The molecule has 0 aromatic carbocycles. The summed E-state index contributed by atoms with van der Waals surface area (Å²) in [6, 6.07) is 0. The number of hydrogen-bond acceptors (Lipinski definition) is 3. The molecule has 100 valence electrons. The average molecular weight is 384 g/mol. The van der Waals surface area contributed by atoms with Crippen LogP contribution in [0.3, 0.4) is 0 Å². The fraction of sp³-hybridized carbons (Fsp3) is 0.750. The van der Waals surface area contributed by atoms with E-state index in [0.717, 1.165) is 0 Å². The van der Waals surface area contributed by atoms with Gasteiger partial charge in [-0.1, -0.05) is 0 Å². The van der Waals surface area contributed by atoms with E-state index in [1.54, 1.807) is 0 Å². The molecule has 0 radical (unpaired) electrons. The Kier molecular flexibility index (Phi) is 9.31. The molecule has 14 heteroatoms. The summed E-state index contributed by atoms with van der Waals surface area (Å²) in [5.41, 5.74) is 0. The van der Waals surface area contributed by atoms with Gasteiger partial charge < -0.3 is 0 Å². The van der Waals surface area contributed by atoms with E-state index in [-0.39, 0.29) is 70.9 Å². The van der Waals surface area contributed by atoms with Crippen LogP contribution < -0.4 is 0 Å². The van der Waals surface area contributed by atoms with Crippen molar-refractivity contribution in [3.05, 3.63) is 0 Å². The fourth-order valence-corrected chi connectivity index (χ4v) is 0.920. The summed E-state index contributed by atoms with van der Waals surface area (Å²) >= 11 is 0. The van der Waals surface area contributed by atoms with Gasteiger partial charge in [0.05, 0.1) is 0 Å². The van der Waals surface area contributed by atoms with Gasteiger partial charge in [0.1, 0.15) is 0 Å². The van der Waals surface area contributed by atoms with Gasteiger partial charge in [-0.05, 0) is 0 Å². The van der Waals surface area contributed by atoms with Crippen LogP contribution in [0.1, 0.15) is 0 Å². The van der Waals surface area contributed by atoms with Gasteiger partial charge in [-0.25, -0.2) is 0 Å². The molecule has 0 heterocycles. The molecule has 0 saturated heterocycles. The van der Waals surface area contributed by atoms with Crippen molar-refractivity contribution >= 4 is 66.6 Å². The Balaban J connectivity index is -0.00000112. The Hall–Kier alpha value is 1.35. The summed E-state index contributed by atoms with van der Waals surface area (Å²) in [4.78, 5) is 10.0. The second-order valence-electron chi connectivity index (χ2n) is 2.41. The van der Waals surface area contributed by atoms with Crippen molar-refractivity contribution in [1.82, 2.24) is 0 Å². The molecule has 18 heavy (non-hydrogen) atoms. The van der Waals surface area contributed by atoms with E-state index in [9.17, 15) is 43.9 Å². The minimum absolute atomic E-state index is 0. The van der Waals surface area contributed by atoms with E-state index in [4.69, 9.17) is 4.55 Å². The summed E-state index contributed by atoms with van der Waals surface area (Å²) < 4.78 is 110. The fourth-order valence-electron chi connectivity index (χ4n) is 0.468. The third-order valence-electron chi connectivity index (χ3n) is 1.24. The van der Waals surface area contributed by atoms with Crippen molar-refractivity contribution in [2.45, 2.75) is 18.0 Å². The Bertz CT molecular complexity index is 404. The normalized spacial score (nSPS) is 13.3. The second-order valence-corrected chi connectivity index (χ2v) is 3.73. The van der Waals surface area contributed by atoms with Crippen LogP contribution in [0.15, 0.2) is 0 Å². The van der Waals surface area contributed by atoms with E-state index in [1.807, 2.05) is 0 Å². The first-order valence-electron chi connectivity index (χ1n) is 3.00. The number of carbonyl (C=O) groups excluding carboxylic acids is 1. The van der Waals surface area contributed by atoms with E-state index in [0.29, 0.717) is 0 Å². The summed E-state index contributed by atoms with van der Waals surface area (Å²) in [5, 5.41) is -3.93. The van der Waals surface area contributed by atoms with Gasteiger partial charge in [-0.15, -0.1) is 0 Å². The van der Waals surface area contributed by atoms with Gasteiger partial charge in [0, 0.05) is 19.5 Å². The summed E-state index contributed by atoms with van der Waals surface area (Å²) in [5.74, 6) is -13.5. The molecule has 0 aromatic heterocycles. The molecule has 0 unspecified atom stereocenters. The van der Waals surface area contributed by atoms with Crippen molar-refractivity contribution < 1.29 is 68.0 Å². The zero-order chi connectivity index (χ0) is 13.6. The predicted octanol–water partition coefficient (Wildman–Crippen LogP) is 0.583. The van der Waals surface area contributed by atoms with Crippen LogP contribution >= 0.6 is 0 Å². The molecule has 4 nitrogen and oxygen atoms in total. The van der Waals surface area contributed by atoms with Crippen molar-refractivity contribution in [3.8, 4) is 0 Å². The van der Waals surface area contributed by atoms with Crippen LogP contribution in [0.4, 0.5) is 30.7 Å². The van der Waals surface area contributed by atoms with Crippen LogP contribution in [0, 0.1) is 0 Å². The molecule has 0 aliphatic rings. The van der Waals surface area contributed by atoms with Gasteiger partial charge in [-0.2, -0.15) is 39.2 Å². The van der Waals surface area contributed by atoms with Crippen molar-refractivity contribution in [2.24, 2.45) is 0 Å². The number of halogens is 7. The number of carbonyl (C=O) groups is 1. The SMILES string of the molecule is O=C(C(F)(F)C(F)(F)C(F)(F)F)S(=O)(=O)O.[KH].[Zn]. The Morgan fingerprint density at radius 2 is 1.22 bits per heavy atom. The molecule has 0 saturated carbocycles. The smallest absolute Gasteiger partial charge is 0 e. The summed E-state index contributed by atoms with van der Waals surface area (Å²) in [7, 11) is -6.37. The predicted molar refractivity (Wildman–Crippen MR) is 39.7 cm³/mol. The van der Waals surface area contributed by atoms with Crippen LogP contribution in [0.5, 0.6) is 0 Å². The van der Waals surface area contributed by atoms with Gasteiger partial charge in [0.25, 0.3) is 0 Å². The van der Waals surface area contributed by atoms with Crippen molar-refractivity contribution in [3.63, 3.8) is 0 Å². The largest absolute Gasteiger partial charge is 0 e. The molecule has 0 fully saturated rings. The van der Waals surface area contributed by atoms with Gasteiger partial charge in [0.2, 0.25) is 0 Å². The van der Waals surface area contributed by atoms with Gasteiger partial charge in [0.15, 0.2) is 0 Å². The van der Waals surface area contributed by atoms with Crippen LogP contribution in [0.2, 0.25) is 0 Å². The monoisotopic (exact) mass is 382 g/mol. The standard InChI is InChI=1S/C4HF7O4S.K.Zn.H/c5-2(6,1(12)16(13,14)15)3(7,8)4(9,10)11;;;/h(H,13,14,15);;;. The quantitative estimate of drug-likeness (QED) is 0.430. The molecule has 0 bridgehead atoms. The third kappa shape index (κ3) is 4.72. The first-order chi connectivity index (χ1) is 6.65. The third-order valence-corrected chi connectivity index (χ3v) is 1.97. The molecule has 0 aliphatic heterocycles. The number of rotatable bonds is 2. The maximum atomic E-state index is 12.2. The topological polar surface area (TPSA) is 71.4 Å². The molecule has 0 spiro atoms. The van der Waals surface area contributed by atoms with E-state index in [1.165, 1.54) is 0 Å². The van der Waals surface area contributed by atoms with Crippen molar-refractivity contribution in [1.29, 1.82) is 0 Å². The molecular weight excluding hydrogens is 382 g/mol. The maximum absolute atomic E-state index is 12.2. The number of alkyl halides is 7. The van der Waals surface area contributed by atoms with E-state index >= 15 is 0 Å². The van der Waals surface area contributed by atoms with E-state index in [2.05, 4.69) is 0 Å². The molecular formula is C4H2F7KO4SZn. The van der Waals surface area contributed by atoms with Crippen molar-refractivity contribution in [2.75, 3.05) is 0 Å². The minimum Gasteiger partial charge on any atom is 0 e. The average Bonchev–Trinajstić information content (AvgIpc) is 1.98. The van der Waals surface area contributed by atoms with Crippen LogP contribution in [-0.2, 0) is 34.4 Å². The Labute approximate surface area is 151 Å². The second kappa shape index (κ2) is 6.87. The Morgan fingerprint density at radius 1 is 0.944 bits per heavy atom. The molecule has 1 N–H and O–H groups in total. The van der Waals surface area contributed by atoms with E-state index < -0.39 is 33.3 Å². The summed E-state index contributed by atoms with van der Waals surface area (Å²) in [6.07, 6.45) is -6.85. The molecule has 0 atom stereocenters. The zero-order valence-electron chi connectivity index (χ0n) is 7.43. The number of hydrogen-bond donors (Lipinski definition) is 1. The minimum atomic E-state index is -6.91. The van der Waals surface area contributed by atoms with Crippen LogP contribution in [0.25, 0.3) is 0 Å². The maximum Gasteiger partial charge on any atom is 0 e. The summed E-state index contributed by atoms with van der Waals surface area (Å²) in [6.45, 7) is 0. The molecule has 0 aliphatic carbocycles. The molecule has 0 amide bonds.